The first kappa shape index (κ1) is 53.1. The second-order valence-electron chi connectivity index (χ2n) is 25.0. The summed E-state index contributed by atoms with van der Waals surface area (Å²) in [5.74, 6) is -3.06. The summed E-state index contributed by atoms with van der Waals surface area (Å²) in [7, 11) is 0. The zero-order valence-electron chi connectivity index (χ0n) is 48.3. The normalized spacial score (nSPS) is 23.3. The van der Waals surface area contributed by atoms with Crippen molar-refractivity contribution in [3.63, 3.8) is 0 Å². The Balaban J connectivity index is 0.781. The highest BCUT2D eigenvalue weighted by Crippen LogP contribution is 2.75. The lowest BCUT2D eigenvalue weighted by atomic mass is 9.32. The molecular formula is C74H60N4O8. The molecule has 4 aliphatic heterocycles. The van der Waals surface area contributed by atoms with E-state index in [4.69, 9.17) is 0 Å². The number of carbonyl (C=O) groups is 8. The standard InChI is InChI=1S/C74H60N4O8/c1-5-43-9-17-49(18-10-43)71-37-72(50-19-11-44(6-2)12-20-50)40-73(38-71,51-21-25-53(26-22-51)77-67(83)57-31-15-47(35-61(57)69(77)85)45-13-29-55-59(33-45)65(81)75(7-3)63(55)79)42-74(39-71,41-72)52-23-27-54(28-24-52)78-68(84)58-32-16-48(36-62(58)70(78)86)46-14-30-56-60(34-46)66(82)76(8-4)64(56)80/h9-36H,5-8,37-42H2,1-4H3. The van der Waals surface area contributed by atoms with Gasteiger partial charge < -0.3 is 0 Å². The SMILES string of the molecule is CCc1ccc(C23CC4(c5ccc(CC)cc5)CC(c5ccc(N6C(=O)c7ccc(-c8ccc9c(c8)C(=O)N(CC)C9=O)cc7C6=O)cc5)(C2)CC(c2ccc(N5C(=O)c6ccc(-c7ccc8c(c7)C(=O)N(CC)C8=O)cc6C5=O)cc2)(C3)C4)cc1. The molecule has 0 unspecified atom stereocenters. The minimum absolute atomic E-state index is 0.262. The van der Waals surface area contributed by atoms with Crippen molar-refractivity contribution < 1.29 is 38.4 Å². The highest BCUT2D eigenvalue weighted by atomic mass is 16.2. The second kappa shape index (κ2) is 18.9. The summed E-state index contributed by atoms with van der Waals surface area (Å²) in [6, 6.07) is 55.2. The average molecular weight is 1130 g/mol. The van der Waals surface area contributed by atoms with E-state index in [9.17, 15) is 38.4 Å². The molecule has 12 nitrogen and oxygen atoms in total. The third-order valence-corrected chi connectivity index (χ3v) is 20.5. The van der Waals surface area contributed by atoms with Gasteiger partial charge in [0, 0.05) is 13.1 Å². The number of anilines is 2. The molecule has 4 bridgehead atoms. The smallest absolute Gasteiger partial charge is 0.266 e. The summed E-state index contributed by atoms with van der Waals surface area (Å²) in [6.07, 6.45) is 7.19. The minimum Gasteiger partial charge on any atom is -0.275 e. The summed E-state index contributed by atoms with van der Waals surface area (Å²) in [5, 5.41) is 0. The van der Waals surface area contributed by atoms with Crippen molar-refractivity contribution in [1.29, 1.82) is 0 Å². The number of rotatable bonds is 12. The Morgan fingerprint density at radius 1 is 0.279 bits per heavy atom. The predicted molar refractivity (Wildman–Crippen MR) is 327 cm³/mol. The van der Waals surface area contributed by atoms with Crippen LogP contribution in [-0.2, 0) is 34.5 Å². The Labute approximate surface area is 498 Å². The maximum absolute atomic E-state index is 14.5. The fourth-order valence-electron chi connectivity index (χ4n) is 16.8. The monoisotopic (exact) mass is 1130 g/mol. The van der Waals surface area contributed by atoms with E-state index >= 15 is 0 Å². The van der Waals surface area contributed by atoms with Gasteiger partial charge >= 0.3 is 0 Å². The first-order chi connectivity index (χ1) is 41.5. The molecule has 0 aromatic heterocycles. The van der Waals surface area contributed by atoms with Crippen molar-refractivity contribution in [3.8, 4) is 22.3 Å². The van der Waals surface area contributed by atoms with Gasteiger partial charge in [-0.1, -0.05) is 111 Å². The lowest BCUT2D eigenvalue weighted by Crippen LogP contribution is -2.67. The fraction of sp³-hybridized carbons (Fsp3) is 0.243. The van der Waals surface area contributed by atoms with E-state index in [0.717, 1.165) is 62.5 Å². The molecule has 424 valence electrons. The van der Waals surface area contributed by atoms with Gasteiger partial charge in [-0.3, -0.25) is 48.2 Å². The van der Waals surface area contributed by atoms with Crippen LogP contribution >= 0.6 is 0 Å². The lowest BCUT2D eigenvalue weighted by Gasteiger charge is -2.71. The van der Waals surface area contributed by atoms with Gasteiger partial charge in [0.1, 0.15) is 0 Å². The number of carbonyl (C=O) groups excluding carboxylic acids is 8. The topological polar surface area (TPSA) is 150 Å². The number of fused-ring (bicyclic) bond motifs is 4. The molecule has 0 saturated heterocycles. The van der Waals surface area contributed by atoms with E-state index < -0.39 is 23.6 Å². The molecule has 8 amide bonds. The van der Waals surface area contributed by atoms with Gasteiger partial charge in [-0.15, -0.1) is 0 Å². The number of nitrogens with zero attached hydrogens (tertiary/aromatic N) is 4. The molecule has 4 heterocycles. The van der Waals surface area contributed by atoms with Crippen LogP contribution in [-0.4, -0.2) is 70.1 Å². The van der Waals surface area contributed by atoms with E-state index in [-0.39, 0.29) is 69.5 Å². The van der Waals surface area contributed by atoms with E-state index in [1.807, 2.05) is 24.3 Å². The van der Waals surface area contributed by atoms with Crippen molar-refractivity contribution in [1.82, 2.24) is 9.80 Å². The molecule has 12 heteroatoms. The van der Waals surface area contributed by atoms with Gasteiger partial charge in [0.25, 0.3) is 47.3 Å². The number of amides is 8. The summed E-state index contributed by atoms with van der Waals surface area (Å²) in [5.41, 5.74) is 12.2. The number of hydrogen-bond donors (Lipinski definition) is 0. The molecule has 0 spiro atoms. The molecular weight excluding hydrogens is 1070 g/mol. The van der Waals surface area contributed by atoms with Crippen molar-refractivity contribution in [2.24, 2.45) is 0 Å². The van der Waals surface area contributed by atoms with Crippen LogP contribution in [0.4, 0.5) is 11.4 Å². The number of benzene rings is 8. The van der Waals surface area contributed by atoms with Crippen LogP contribution < -0.4 is 9.80 Å². The zero-order valence-corrected chi connectivity index (χ0v) is 48.3. The molecule has 16 rings (SSSR count). The Morgan fingerprint density at radius 2 is 0.512 bits per heavy atom. The van der Waals surface area contributed by atoms with Crippen LogP contribution in [0.2, 0.25) is 0 Å². The molecule has 8 aliphatic rings. The maximum Gasteiger partial charge on any atom is 0.266 e. The first-order valence-electron chi connectivity index (χ1n) is 30.0. The summed E-state index contributed by atoms with van der Waals surface area (Å²) in [6.45, 7) is 8.40. The first-order valence-corrected chi connectivity index (χ1v) is 30.0. The van der Waals surface area contributed by atoms with E-state index in [0.29, 0.717) is 67.0 Å². The van der Waals surface area contributed by atoms with Gasteiger partial charge in [0.05, 0.1) is 55.9 Å². The Hall–Kier alpha value is -9.68. The van der Waals surface area contributed by atoms with Crippen LogP contribution in [0.1, 0.15) is 182 Å². The van der Waals surface area contributed by atoms with Crippen molar-refractivity contribution in [2.45, 2.75) is 101 Å². The molecule has 8 aromatic rings. The van der Waals surface area contributed by atoms with Crippen LogP contribution in [0, 0.1) is 0 Å². The van der Waals surface area contributed by atoms with Crippen LogP contribution in [0.5, 0.6) is 0 Å². The Kier molecular flexibility index (Phi) is 11.7. The fourth-order valence-corrected chi connectivity index (χ4v) is 16.8. The molecule has 86 heavy (non-hydrogen) atoms. The second-order valence-corrected chi connectivity index (χ2v) is 25.0. The third kappa shape index (κ3) is 7.53. The van der Waals surface area contributed by atoms with Crippen LogP contribution in [0.15, 0.2) is 170 Å². The molecule has 4 saturated carbocycles. The minimum atomic E-state index is -0.437. The van der Waals surface area contributed by atoms with Gasteiger partial charge in [0.15, 0.2) is 0 Å². The summed E-state index contributed by atoms with van der Waals surface area (Å²) in [4.78, 5) is 115. The molecule has 0 N–H and O–H groups in total. The van der Waals surface area contributed by atoms with Crippen molar-refractivity contribution >= 4 is 58.6 Å². The van der Waals surface area contributed by atoms with Crippen LogP contribution in [0.25, 0.3) is 22.3 Å². The van der Waals surface area contributed by atoms with E-state index in [2.05, 4.69) is 86.6 Å². The number of imide groups is 4. The maximum atomic E-state index is 14.5. The van der Waals surface area contributed by atoms with E-state index in [1.165, 1.54) is 41.9 Å². The van der Waals surface area contributed by atoms with Gasteiger partial charge in [-0.05, 0) is 215 Å². The highest BCUT2D eigenvalue weighted by Gasteiger charge is 2.69. The quantitative estimate of drug-likeness (QED) is 0.110. The lowest BCUT2D eigenvalue weighted by molar-refractivity contribution is -0.0691. The van der Waals surface area contributed by atoms with E-state index in [1.54, 1.807) is 86.6 Å². The molecule has 0 radical (unpaired) electrons. The third-order valence-electron chi connectivity index (χ3n) is 20.5. The average Bonchev–Trinajstić information content (AvgIpc) is 0.928. The van der Waals surface area contributed by atoms with Gasteiger partial charge in [0.2, 0.25) is 0 Å². The molecule has 4 aliphatic carbocycles. The van der Waals surface area contributed by atoms with Crippen molar-refractivity contribution in [3.05, 3.63) is 248 Å². The predicted octanol–water partition coefficient (Wildman–Crippen LogP) is 13.4. The van der Waals surface area contributed by atoms with Crippen molar-refractivity contribution in [2.75, 3.05) is 22.9 Å². The van der Waals surface area contributed by atoms with Crippen LogP contribution in [0.3, 0.4) is 0 Å². The Morgan fingerprint density at radius 3 is 0.779 bits per heavy atom. The van der Waals surface area contributed by atoms with Gasteiger partial charge in [-0.25, -0.2) is 9.80 Å². The molecule has 8 aromatic carbocycles. The molecule has 0 atom stereocenters. The Bertz CT molecular complexity index is 4080. The molecule has 4 fully saturated rings. The summed E-state index contributed by atoms with van der Waals surface area (Å²) < 4.78 is 0. The largest absolute Gasteiger partial charge is 0.275 e. The van der Waals surface area contributed by atoms with Gasteiger partial charge in [-0.2, -0.15) is 0 Å². The number of aryl methyl sites for hydroxylation is 2. The zero-order chi connectivity index (χ0) is 59.3. The summed E-state index contributed by atoms with van der Waals surface area (Å²) >= 11 is 0. The highest BCUT2D eigenvalue weighted by molar-refractivity contribution is 6.35. The number of hydrogen-bond acceptors (Lipinski definition) is 8.